The standard InChI is InChI=1S/C11H14OS/c1-8-4-5-10(6-9(2)12)7-11(8)13-3/h4-5,7H,6H2,1-3H3. The third-order valence-electron chi connectivity index (χ3n) is 1.93. The van der Waals surface area contributed by atoms with Crippen LogP contribution in [0.1, 0.15) is 18.1 Å². The van der Waals surface area contributed by atoms with E-state index >= 15 is 0 Å². The van der Waals surface area contributed by atoms with Gasteiger partial charge in [0, 0.05) is 11.3 Å². The molecular formula is C11H14OS. The first-order valence-electron chi connectivity index (χ1n) is 4.26. The van der Waals surface area contributed by atoms with E-state index in [9.17, 15) is 4.79 Å². The third kappa shape index (κ3) is 2.88. The average Bonchev–Trinajstić information content (AvgIpc) is 2.07. The second-order valence-corrected chi connectivity index (χ2v) is 4.03. The van der Waals surface area contributed by atoms with Gasteiger partial charge in [-0.15, -0.1) is 11.8 Å². The van der Waals surface area contributed by atoms with Crippen molar-refractivity contribution in [2.45, 2.75) is 25.2 Å². The van der Waals surface area contributed by atoms with E-state index in [4.69, 9.17) is 0 Å². The molecule has 2 heteroatoms. The summed E-state index contributed by atoms with van der Waals surface area (Å²) in [4.78, 5) is 12.2. The van der Waals surface area contributed by atoms with Crippen molar-refractivity contribution in [3.63, 3.8) is 0 Å². The molecule has 0 amide bonds. The van der Waals surface area contributed by atoms with Gasteiger partial charge in [-0.1, -0.05) is 12.1 Å². The van der Waals surface area contributed by atoms with Crippen LogP contribution >= 0.6 is 11.8 Å². The number of Topliss-reactive ketones (excluding diaryl/α,β-unsaturated/α-hetero) is 1. The van der Waals surface area contributed by atoms with Gasteiger partial charge < -0.3 is 0 Å². The Balaban J connectivity index is 2.92. The fourth-order valence-corrected chi connectivity index (χ4v) is 1.92. The van der Waals surface area contributed by atoms with Crippen molar-refractivity contribution >= 4 is 17.5 Å². The quantitative estimate of drug-likeness (QED) is 0.688. The van der Waals surface area contributed by atoms with E-state index in [0.29, 0.717) is 6.42 Å². The highest BCUT2D eigenvalue weighted by atomic mass is 32.2. The lowest BCUT2D eigenvalue weighted by molar-refractivity contribution is -0.116. The van der Waals surface area contributed by atoms with Crippen LogP contribution in [-0.4, -0.2) is 12.0 Å². The molecule has 0 fully saturated rings. The molecule has 1 aromatic rings. The molecule has 70 valence electrons. The topological polar surface area (TPSA) is 17.1 Å². The molecule has 0 heterocycles. The van der Waals surface area contributed by atoms with Gasteiger partial charge in [0.2, 0.25) is 0 Å². The Labute approximate surface area is 83.5 Å². The summed E-state index contributed by atoms with van der Waals surface area (Å²) in [5.41, 5.74) is 2.39. The number of rotatable bonds is 3. The summed E-state index contributed by atoms with van der Waals surface area (Å²) in [6.45, 7) is 3.71. The van der Waals surface area contributed by atoms with Gasteiger partial charge in [-0.3, -0.25) is 4.79 Å². The Morgan fingerprint density at radius 2 is 2.15 bits per heavy atom. The van der Waals surface area contributed by atoms with Gasteiger partial charge >= 0.3 is 0 Å². The maximum atomic E-state index is 10.9. The Hall–Kier alpha value is -0.760. The Bertz CT molecular complexity index is 318. The minimum Gasteiger partial charge on any atom is -0.300 e. The molecule has 1 aromatic carbocycles. The highest BCUT2D eigenvalue weighted by molar-refractivity contribution is 7.98. The molecule has 0 aromatic heterocycles. The molecule has 0 aliphatic rings. The fourth-order valence-electron chi connectivity index (χ4n) is 1.26. The van der Waals surface area contributed by atoms with E-state index < -0.39 is 0 Å². The number of hydrogen-bond acceptors (Lipinski definition) is 2. The van der Waals surface area contributed by atoms with Gasteiger partial charge in [-0.25, -0.2) is 0 Å². The van der Waals surface area contributed by atoms with Crippen LogP contribution in [-0.2, 0) is 11.2 Å². The summed E-state index contributed by atoms with van der Waals surface area (Å²) >= 11 is 1.73. The van der Waals surface area contributed by atoms with Crippen LogP contribution in [0.4, 0.5) is 0 Å². The largest absolute Gasteiger partial charge is 0.300 e. The van der Waals surface area contributed by atoms with Crippen molar-refractivity contribution in [1.82, 2.24) is 0 Å². The van der Waals surface area contributed by atoms with Crippen molar-refractivity contribution in [3.8, 4) is 0 Å². The monoisotopic (exact) mass is 194 g/mol. The summed E-state index contributed by atoms with van der Waals surface area (Å²) in [6.07, 6.45) is 2.60. The summed E-state index contributed by atoms with van der Waals surface area (Å²) in [7, 11) is 0. The van der Waals surface area contributed by atoms with Crippen LogP contribution in [0.5, 0.6) is 0 Å². The lowest BCUT2D eigenvalue weighted by Crippen LogP contribution is -1.96. The van der Waals surface area contributed by atoms with E-state index in [2.05, 4.69) is 25.3 Å². The lowest BCUT2D eigenvalue weighted by atomic mass is 10.1. The summed E-state index contributed by atoms with van der Waals surface area (Å²) in [5, 5.41) is 0. The van der Waals surface area contributed by atoms with Gasteiger partial charge in [0.1, 0.15) is 5.78 Å². The van der Waals surface area contributed by atoms with Crippen LogP contribution in [0.3, 0.4) is 0 Å². The molecule has 0 bridgehead atoms. The maximum absolute atomic E-state index is 10.9. The highest BCUT2D eigenvalue weighted by Crippen LogP contribution is 2.21. The van der Waals surface area contributed by atoms with Gasteiger partial charge in [0.25, 0.3) is 0 Å². The van der Waals surface area contributed by atoms with E-state index in [0.717, 1.165) is 5.56 Å². The van der Waals surface area contributed by atoms with E-state index in [1.165, 1.54) is 10.5 Å². The number of thioether (sulfide) groups is 1. The number of ketones is 1. The predicted octanol–water partition coefficient (Wildman–Crippen LogP) is 2.85. The van der Waals surface area contributed by atoms with E-state index in [-0.39, 0.29) is 5.78 Å². The molecule has 0 N–H and O–H groups in total. The van der Waals surface area contributed by atoms with Gasteiger partial charge in [-0.2, -0.15) is 0 Å². The second-order valence-electron chi connectivity index (χ2n) is 3.18. The minimum atomic E-state index is 0.218. The average molecular weight is 194 g/mol. The molecule has 0 aliphatic carbocycles. The van der Waals surface area contributed by atoms with Crippen molar-refractivity contribution in [3.05, 3.63) is 29.3 Å². The first-order chi connectivity index (χ1) is 6.13. The SMILES string of the molecule is CSc1cc(CC(C)=O)ccc1C. The first kappa shape index (κ1) is 10.3. The molecule has 13 heavy (non-hydrogen) atoms. The van der Waals surface area contributed by atoms with Gasteiger partial charge in [-0.05, 0) is 37.3 Å². The molecule has 0 atom stereocenters. The van der Waals surface area contributed by atoms with E-state index in [1.54, 1.807) is 18.7 Å². The molecule has 0 spiro atoms. The molecular weight excluding hydrogens is 180 g/mol. The normalized spacial score (nSPS) is 10.1. The van der Waals surface area contributed by atoms with Crippen LogP contribution in [0.25, 0.3) is 0 Å². The highest BCUT2D eigenvalue weighted by Gasteiger charge is 2.01. The van der Waals surface area contributed by atoms with Crippen molar-refractivity contribution < 1.29 is 4.79 Å². The Morgan fingerprint density at radius 3 is 2.69 bits per heavy atom. The van der Waals surface area contributed by atoms with Gasteiger partial charge in [0.05, 0.1) is 0 Å². The zero-order chi connectivity index (χ0) is 9.84. The first-order valence-corrected chi connectivity index (χ1v) is 5.49. The molecule has 0 unspecified atom stereocenters. The molecule has 1 rings (SSSR count). The molecule has 0 aliphatic heterocycles. The number of hydrogen-bond donors (Lipinski definition) is 0. The van der Waals surface area contributed by atoms with Crippen LogP contribution in [0.15, 0.2) is 23.1 Å². The molecule has 0 saturated carbocycles. The minimum absolute atomic E-state index is 0.218. The Morgan fingerprint density at radius 1 is 1.46 bits per heavy atom. The summed E-state index contributed by atoms with van der Waals surface area (Å²) in [6, 6.07) is 6.20. The van der Waals surface area contributed by atoms with Crippen LogP contribution in [0.2, 0.25) is 0 Å². The smallest absolute Gasteiger partial charge is 0.134 e. The Kier molecular flexibility index (Phi) is 3.55. The van der Waals surface area contributed by atoms with E-state index in [1.807, 2.05) is 6.07 Å². The molecule has 0 saturated heterocycles. The van der Waals surface area contributed by atoms with Gasteiger partial charge in [0.15, 0.2) is 0 Å². The third-order valence-corrected chi connectivity index (χ3v) is 2.81. The fraction of sp³-hybridized carbons (Fsp3) is 0.364. The molecule has 0 radical (unpaired) electrons. The zero-order valence-electron chi connectivity index (χ0n) is 8.26. The van der Waals surface area contributed by atoms with Crippen LogP contribution < -0.4 is 0 Å². The van der Waals surface area contributed by atoms with Crippen molar-refractivity contribution in [2.24, 2.45) is 0 Å². The predicted molar refractivity (Wildman–Crippen MR) is 57.3 cm³/mol. The van der Waals surface area contributed by atoms with Crippen LogP contribution in [0, 0.1) is 6.92 Å². The summed E-state index contributed by atoms with van der Waals surface area (Å²) in [5.74, 6) is 0.218. The number of carbonyl (C=O) groups is 1. The van der Waals surface area contributed by atoms with Crippen molar-refractivity contribution in [2.75, 3.05) is 6.26 Å². The maximum Gasteiger partial charge on any atom is 0.134 e. The summed E-state index contributed by atoms with van der Waals surface area (Å²) < 4.78 is 0. The lowest BCUT2D eigenvalue weighted by Gasteiger charge is -2.04. The van der Waals surface area contributed by atoms with Crippen molar-refractivity contribution in [1.29, 1.82) is 0 Å². The molecule has 1 nitrogen and oxygen atoms in total. The number of carbonyl (C=O) groups excluding carboxylic acids is 1. The number of aryl methyl sites for hydroxylation is 1. The second kappa shape index (κ2) is 4.47. The zero-order valence-corrected chi connectivity index (χ0v) is 9.07. The number of benzene rings is 1.